The molecular formula is C8H16F2N2S. The van der Waals surface area contributed by atoms with E-state index in [4.69, 9.17) is 5.73 Å². The Morgan fingerprint density at radius 3 is 2.77 bits per heavy atom. The summed E-state index contributed by atoms with van der Waals surface area (Å²) in [5, 5.41) is 0.522. The molecule has 0 aromatic rings. The fraction of sp³-hybridized carbons (Fsp3) is 1.00. The van der Waals surface area contributed by atoms with Crippen LogP contribution in [0.3, 0.4) is 0 Å². The first kappa shape index (κ1) is 11.2. The van der Waals surface area contributed by atoms with Gasteiger partial charge in [0.1, 0.15) is 0 Å². The molecule has 1 heterocycles. The molecule has 0 radical (unpaired) electrons. The lowest BCUT2D eigenvalue weighted by molar-refractivity contribution is -0.0179. The van der Waals surface area contributed by atoms with Gasteiger partial charge in [-0.1, -0.05) is 0 Å². The summed E-state index contributed by atoms with van der Waals surface area (Å²) >= 11 is 1.75. The Morgan fingerprint density at radius 2 is 2.31 bits per heavy atom. The van der Waals surface area contributed by atoms with Crippen LogP contribution in [0, 0.1) is 0 Å². The van der Waals surface area contributed by atoms with Gasteiger partial charge in [-0.25, -0.2) is 8.78 Å². The van der Waals surface area contributed by atoms with Crippen LogP contribution in [0.15, 0.2) is 0 Å². The maximum Gasteiger partial charge on any atom is 0.272 e. The van der Waals surface area contributed by atoms with Crippen LogP contribution >= 0.6 is 11.8 Å². The molecule has 78 valence electrons. The van der Waals surface area contributed by atoms with E-state index in [0.717, 1.165) is 19.5 Å². The summed E-state index contributed by atoms with van der Waals surface area (Å²) in [5.74, 6) is -2.71. The highest BCUT2D eigenvalue weighted by atomic mass is 32.2. The first-order valence-electron chi connectivity index (χ1n) is 4.40. The minimum absolute atomic E-state index is 0.180. The second-order valence-corrected chi connectivity index (χ2v) is 4.58. The van der Waals surface area contributed by atoms with Gasteiger partial charge in [0.15, 0.2) is 0 Å². The summed E-state index contributed by atoms with van der Waals surface area (Å²) in [6.07, 6.45) is 3.04. The second kappa shape index (κ2) is 4.57. The van der Waals surface area contributed by atoms with Crippen molar-refractivity contribution in [2.45, 2.75) is 17.6 Å². The lowest BCUT2D eigenvalue weighted by Gasteiger charge is -2.21. The summed E-state index contributed by atoms with van der Waals surface area (Å²) in [4.78, 5) is 1.80. The van der Waals surface area contributed by atoms with E-state index in [1.807, 2.05) is 6.26 Å². The molecule has 0 aromatic carbocycles. The molecule has 0 saturated carbocycles. The molecule has 1 unspecified atom stereocenters. The Labute approximate surface area is 81.8 Å². The molecule has 2 nitrogen and oxygen atoms in total. The average Bonchev–Trinajstić information content (AvgIpc) is 2.52. The van der Waals surface area contributed by atoms with E-state index in [9.17, 15) is 8.78 Å². The number of likely N-dealkylation sites (tertiary alicyclic amines) is 1. The zero-order valence-electron chi connectivity index (χ0n) is 7.80. The van der Waals surface area contributed by atoms with Crippen molar-refractivity contribution in [1.29, 1.82) is 0 Å². The van der Waals surface area contributed by atoms with E-state index in [-0.39, 0.29) is 6.54 Å². The number of hydrogen-bond donors (Lipinski definition) is 1. The van der Waals surface area contributed by atoms with Crippen molar-refractivity contribution in [3.8, 4) is 0 Å². The average molecular weight is 210 g/mol. The molecule has 1 fully saturated rings. The van der Waals surface area contributed by atoms with Gasteiger partial charge in [-0.05, 0) is 19.2 Å². The maximum atomic E-state index is 12.9. The smallest absolute Gasteiger partial charge is 0.272 e. The summed E-state index contributed by atoms with van der Waals surface area (Å²) in [6.45, 7) is 0.825. The lowest BCUT2D eigenvalue weighted by Crippen LogP contribution is -2.41. The topological polar surface area (TPSA) is 29.3 Å². The van der Waals surface area contributed by atoms with Gasteiger partial charge in [0.2, 0.25) is 0 Å². The van der Waals surface area contributed by atoms with Gasteiger partial charge in [0.05, 0.1) is 13.1 Å². The van der Waals surface area contributed by atoms with Crippen LogP contribution in [-0.2, 0) is 0 Å². The van der Waals surface area contributed by atoms with Gasteiger partial charge in [-0.2, -0.15) is 11.8 Å². The fourth-order valence-electron chi connectivity index (χ4n) is 1.52. The lowest BCUT2D eigenvalue weighted by atomic mass is 10.3. The minimum Gasteiger partial charge on any atom is -0.325 e. The number of thioether (sulfide) groups is 1. The number of alkyl halides is 2. The predicted octanol–water partition coefficient (Wildman–Crippen LogP) is 1.02. The monoisotopic (exact) mass is 210 g/mol. The molecule has 0 bridgehead atoms. The maximum absolute atomic E-state index is 12.9. The number of rotatable bonds is 4. The van der Waals surface area contributed by atoms with Crippen LogP contribution in [-0.4, -0.2) is 48.5 Å². The highest BCUT2D eigenvalue weighted by molar-refractivity contribution is 7.99. The molecule has 2 N–H and O–H groups in total. The summed E-state index contributed by atoms with van der Waals surface area (Å²) in [6, 6.07) is 0. The van der Waals surface area contributed by atoms with E-state index in [1.165, 1.54) is 0 Å². The van der Waals surface area contributed by atoms with E-state index >= 15 is 0 Å². The first-order chi connectivity index (χ1) is 6.07. The molecule has 0 amide bonds. The molecule has 0 spiro atoms. The normalized spacial score (nSPS) is 25.4. The second-order valence-electron chi connectivity index (χ2n) is 3.44. The van der Waals surface area contributed by atoms with Crippen LogP contribution in [0.25, 0.3) is 0 Å². The van der Waals surface area contributed by atoms with Crippen molar-refractivity contribution >= 4 is 11.8 Å². The largest absolute Gasteiger partial charge is 0.325 e. The number of nitrogens with two attached hydrogens (primary N) is 1. The van der Waals surface area contributed by atoms with Crippen molar-refractivity contribution in [2.24, 2.45) is 5.73 Å². The Hall–Kier alpha value is 0.130. The summed E-state index contributed by atoms with van der Waals surface area (Å²) < 4.78 is 25.7. The quantitative estimate of drug-likeness (QED) is 0.751. The molecule has 0 aromatic heterocycles. The predicted molar refractivity (Wildman–Crippen MR) is 52.4 cm³/mol. The molecule has 1 saturated heterocycles. The third-order valence-corrected chi connectivity index (χ3v) is 3.37. The Kier molecular flexibility index (Phi) is 3.94. The van der Waals surface area contributed by atoms with E-state index in [1.54, 1.807) is 16.7 Å². The van der Waals surface area contributed by atoms with Crippen LogP contribution in [0.1, 0.15) is 6.42 Å². The Balaban J connectivity index is 2.31. The SMILES string of the molecule is CSC1CCN(CC(F)(F)CN)C1. The number of hydrogen-bond acceptors (Lipinski definition) is 3. The van der Waals surface area contributed by atoms with E-state index in [2.05, 4.69) is 0 Å². The van der Waals surface area contributed by atoms with E-state index < -0.39 is 12.5 Å². The Morgan fingerprint density at radius 1 is 1.62 bits per heavy atom. The summed E-state index contributed by atoms with van der Waals surface area (Å²) in [7, 11) is 0. The zero-order valence-corrected chi connectivity index (χ0v) is 8.62. The Bertz CT molecular complexity index is 166. The highest BCUT2D eigenvalue weighted by Gasteiger charge is 2.33. The number of halogens is 2. The van der Waals surface area contributed by atoms with Gasteiger partial charge in [-0.3, -0.25) is 4.90 Å². The molecule has 1 aliphatic rings. The van der Waals surface area contributed by atoms with E-state index in [0.29, 0.717) is 5.25 Å². The standard InChI is InChI=1S/C8H16F2N2S/c1-13-7-2-3-12(4-7)6-8(9,10)5-11/h7H,2-6,11H2,1H3. The number of nitrogens with zero attached hydrogens (tertiary/aromatic N) is 1. The van der Waals surface area contributed by atoms with Crippen molar-refractivity contribution < 1.29 is 8.78 Å². The van der Waals surface area contributed by atoms with Crippen LogP contribution in [0.5, 0.6) is 0 Å². The highest BCUT2D eigenvalue weighted by Crippen LogP contribution is 2.23. The molecule has 13 heavy (non-hydrogen) atoms. The molecule has 1 aliphatic heterocycles. The van der Waals surface area contributed by atoms with Crippen molar-refractivity contribution in [2.75, 3.05) is 32.4 Å². The summed E-state index contributed by atoms with van der Waals surface area (Å²) in [5.41, 5.74) is 4.97. The molecule has 0 aliphatic carbocycles. The third kappa shape index (κ3) is 3.40. The zero-order chi connectivity index (χ0) is 9.90. The minimum atomic E-state index is -2.71. The van der Waals surface area contributed by atoms with Crippen LogP contribution in [0.4, 0.5) is 8.78 Å². The van der Waals surface area contributed by atoms with Crippen LogP contribution in [0.2, 0.25) is 0 Å². The van der Waals surface area contributed by atoms with Gasteiger partial charge in [0.25, 0.3) is 5.92 Å². The van der Waals surface area contributed by atoms with Crippen molar-refractivity contribution in [3.05, 3.63) is 0 Å². The van der Waals surface area contributed by atoms with Crippen LogP contribution < -0.4 is 5.73 Å². The van der Waals surface area contributed by atoms with Gasteiger partial charge in [0, 0.05) is 11.8 Å². The first-order valence-corrected chi connectivity index (χ1v) is 5.69. The van der Waals surface area contributed by atoms with Gasteiger partial charge >= 0.3 is 0 Å². The molecular weight excluding hydrogens is 194 g/mol. The molecule has 1 atom stereocenters. The van der Waals surface area contributed by atoms with Crippen molar-refractivity contribution in [1.82, 2.24) is 4.90 Å². The molecule has 5 heteroatoms. The molecule has 1 rings (SSSR count). The van der Waals surface area contributed by atoms with Crippen molar-refractivity contribution in [3.63, 3.8) is 0 Å². The fourth-order valence-corrected chi connectivity index (χ4v) is 2.23. The third-order valence-electron chi connectivity index (χ3n) is 2.32. The van der Waals surface area contributed by atoms with Gasteiger partial charge in [-0.15, -0.1) is 0 Å². The van der Waals surface area contributed by atoms with Gasteiger partial charge < -0.3 is 5.73 Å².